The third kappa shape index (κ3) is 2.69. The van der Waals surface area contributed by atoms with E-state index in [9.17, 15) is 5.11 Å². The average Bonchev–Trinajstić information content (AvgIpc) is 2.37. The predicted octanol–water partition coefficient (Wildman–Crippen LogP) is 3.70. The maximum absolute atomic E-state index is 9.95. The molecule has 0 fully saturated rings. The summed E-state index contributed by atoms with van der Waals surface area (Å²) in [5.74, 6) is 0.956. The van der Waals surface area contributed by atoms with Crippen molar-refractivity contribution >= 4 is 0 Å². The number of phenols is 1. The highest BCUT2D eigenvalue weighted by atomic mass is 16.5. The summed E-state index contributed by atoms with van der Waals surface area (Å²) in [5.41, 5.74) is 2.37. The second-order valence-electron chi connectivity index (χ2n) is 5.41. The molecular formula is C16H24O2. The van der Waals surface area contributed by atoms with E-state index in [0.29, 0.717) is 17.8 Å². The van der Waals surface area contributed by atoms with Crippen molar-refractivity contribution < 1.29 is 9.84 Å². The number of hydrogen-bond acceptors (Lipinski definition) is 2. The number of phenolic OH excluding ortho intramolecular Hbond substituents is 1. The number of ether oxygens (including phenoxy) is 1. The Kier molecular flexibility index (Phi) is 4.28. The van der Waals surface area contributed by atoms with Crippen LogP contribution < -0.4 is 0 Å². The molecule has 2 heteroatoms. The molecule has 0 saturated heterocycles. The second-order valence-corrected chi connectivity index (χ2v) is 5.41. The van der Waals surface area contributed by atoms with Crippen molar-refractivity contribution in [3.05, 3.63) is 29.3 Å². The van der Waals surface area contributed by atoms with Gasteiger partial charge in [0.25, 0.3) is 0 Å². The average molecular weight is 248 g/mol. The van der Waals surface area contributed by atoms with Crippen molar-refractivity contribution in [1.29, 1.82) is 0 Å². The fourth-order valence-electron chi connectivity index (χ4n) is 2.84. The van der Waals surface area contributed by atoms with Gasteiger partial charge in [-0.3, -0.25) is 0 Å². The van der Waals surface area contributed by atoms with Gasteiger partial charge in [-0.2, -0.15) is 0 Å². The van der Waals surface area contributed by atoms with Gasteiger partial charge in [0.1, 0.15) is 5.75 Å². The van der Waals surface area contributed by atoms with Crippen LogP contribution in [0.1, 0.15) is 44.7 Å². The Bertz CT molecular complexity index is 396. The number of benzene rings is 1. The number of rotatable bonds is 4. The Morgan fingerprint density at radius 1 is 1.28 bits per heavy atom. The molecule has 2 nitrogen and oxygen atoms in total. The number of aromatic hydroxyl groups is 1. The van der Waals surface area contributed by atoms with Crippen molar-refractivity contribution in [2.75, 3.05) is 0 Å². The first-order valence-electron chi connectivity index (χ1n) is 7.10. The molecule has 1 N–H and O–H groups in total. The minimum Gasteiger partial charge on any atom is -0.508 e. The van der Waals surface area contributed by atoms with E-state index >= 15 is 0 Å². The third-order valence-electron chi connectivity index (χ3n) is 4.11. The SMILES string of the molecule is CCC(CC)O[C@@H]1Cc2c(O)cccc2CC1C. The molecule has 1 aromatic carbocycles. The van der Waals surface area contributed by atoms with E-state index in [-0.39, 0.29) is 6.10 Å². The smallest absolute Gasteiger partial charge is 0.119 e. The van der Waals surface area contributed by atoms with E-state index in [4.69, 9.17) is 4.74 Å². The van der Waals surface area contributed by atoms with Crippen LogP contribution >= 0.6 is 0 Å². The summed E-state index contributed by atoms with van der Waals surface area (Å²) in [5, 5.41) is 9.95. The lowest BCUT2D eigenvalue weighted by Crippen LogP contribution is -2.34. The first-order valence-corrected chi connectivity index (χ1v) is 7.10. The lowest BCUT2D eigenvalue weighted by Gasteiger charge is -2.33. The molecule has 2 rings (SSSR count). The van der Waals surface area contributed by atoms with Crippen LogP contribution in [0.2, 0.25) is 0 Å². The van der Waals surface area contributed by atoms with Gasteiger partial charge in [-0.05, 0) is 42.4 Å². The van der Waals surface area contributed by atoms with Gasteiger partial charge in [0.05, 0.1) is 12.2 Å². The van der Waals surface area contributed by atoms with Crippen molar-refractivity contribution in [3.8, 4) is 5.75 Å². The van der Waals surface area contributed by atoms with Gasteiger partial charge in [0.15, 0.2) is 0 Å². The molecule has 0 spiro atoms. The maximum Gasteiger partial charge on any atom is 0.119 e. The molecule has 100 valence electrons. The van der Waals surface area contributed by atoms with Gasteiger partial charge in [-0.25, -0.2) is 0 Å². The largest absolute Gasteiger partial charge is 0.508 e. The molecule has 0 amide bonds. The Labute approximate surface area is 110 Å². The highest BCUT2D eigenvalue weighted by molar-refractivity contribution is 5.41. The van der Waals surface area contributed by atoms with Gasteiger partial charge in [0.2, 0.25) is 0 Å². The van der Waals surface area contributed by atoms with E-state index in [1.54, 1.807) is 6.07 Å². The van der Waals surface area contributed by atoms with Gasteiger partial charge >= 0.3 is 0 Å². The Morgan fingerprint density at radius 2 is 2.00 bits per heavy atom. The monoisotopic (exact) mass is 248 g/mol. The quantitative estimate of drug-likeness (QED) is 0.880. The molecular weight excluding hydrogens is 224 g/mol. The van der Waals surface area contributed by atoms with Gasteiger partial charge < -0.3 is 9.84 Å². The fourth-order valence-corrected chi connectivity index (χ4v) is 2.84. The van der Waals surface area contributed by atoms with E-state index < -0.39 is 0 Å². The van der Waals surface area contributed by atoms with E-state index in [1.807, 2.05) is 6.07 Å². The van der Waals surface area contributed by atoms with Crippen LogP contribution in [0.25, 0.3) is 0 Å². The summed E-state index contributed by atoms with van der Waals surface area (Å²) in [6.45, 7) is 6.60. The standard InChI is InChI=1S/C16H24O2/c1-4-13(5-2)18-16-10-14-12(9-11(16)3)7-6-8-15(14)17/h6-8,11,13,16-17H,4-5,9-10H2,1-3H3/t11?,16-/m1/s1. The first-order chi connectivity index (χ1) is 8.65. The molecule has 1 aliphatic carbocycles. The first kappa shape index (κ1) is 13.4. The Hall–Kier alpha value is -1.02. The molecule has 1 aromatic rings. The summed E-state index contributed by atoms with van der Waals surface area (Å²) in [6, 6.07) is 5.84. The van der Waals surface area contributed by atoms with Crippen LogP contribution in [-0.4, -0.2) is 17.3 Å². The normalized spacial score (nSPS) is 23.1. The topological polar surface area (TPSA) is 29.5 Å². The Morgan fingerprint density at radius 3 is 2.67 bits per heavy atom. The zero-order valence-electron chi connectivity index (χ0n) is 11.6. The minimum absolute atomic E-state index is 0.246. The fraction of sp³-hybridized carbons (Fsp3) is 0.625. The van der Waals surface area contributed by atoms with E-state index in [0.717, 1.165) is 31.2 Å². The molecule has 0 heterocycles. The molecule has 0 aliphatic heterocycles. The molecule has 0 aromatic heterocycles. The third-order valence-corrected chi connectivity index (χ3v) is 4.11. The summed E-state index contributed by atoms with van der Waals surface area (Å²) >= 11 is 0. The summed E-state index contributed by atoms with van der Waals surface area (Å²) in [7, 11) is 0. The highest BCUT2D eigenvalue weighted by Gasteiger charge is 2.29. The molecule has 1 unspecified atom stereocenters. The lowest BCUT2D eigenvalue weighted by atomic mass is 9.82. The van der Waals surface area contributed by atoms with Crippen LogP contribution in [0.4, 0.5) is 0 Å². The van der Waals surface area contributed by atoms with Crippen LogP contribution in [-0.2, 0) is 17.6 Å². The molecule has 1 aliphatic rings. The molecule has 0 bridgehead atoms. The number of hydrogen-bond donors (Lipinski definition) is 1. The zero-order valence-corrected chi connectivity index (χ0v) is 11.6. The van der Waals surface area contributed by atoms with Gasteiger partial charge in [-0.15, -0.1) is 0 Å². The van der Waals surface area contributed by atoms with Crippen molar-refractivity contribution in [3.63, 3.8) is 0 Å². The summed E-state index contributed by atoms with van der Waals surface area (Å²) < 4.78 is 6.20. The van der Waals surface area contributed by atoms with Crippen molar-refractivity contribution in [1.82, 2.24) is 0 Å². The molecule has 0 radical (unpaired) electrons. The molecule has 2 atom stereocenters. The zero-order chi connectivity index (χ0) is 13.1. The molecule has 0 saturated carbocycles. The summed E-state index contributed by atoms with van der Waals surface area (Å²) in [6.07, 6.45) is 4.58. The van der Waals surface area contributed by atoms with E-state index in [1.165, 1.54) is 5.56 Å². The predicted molar refractivity (Wildman–Crippen MR) is 73.9 cm³/mol. The maximum atomic E-state index is 9.95. The summed E-state index contributed by atoms with van der Waals surface area (Å²) in [4.78, 5) is 0. The highest BCUT2D eigenvalue weighted by Crippen LogP contribution is 2.33. The molecule has 18 heavy (non-hydrogen) atoms. The second kappa shape index (κ2) is 5.75. The Balaban J connectivity index is 2.14. The van der Waals surface area contributed by atoms with Crippen LogP contribution in [0, 0.1) is 5.92 Å². The van der Waals surface area contributed by atoms with Gasteiger partial charge in [0, 0.05) is 6.42 Å². The number of fused-ring (bicyclic) bond motifs is 1. The minimum atomic E-state index is 0.246. The lowest BCUT2D eigenvalue weighted by molar-refractivity contribution is -0.0452. The van der Waals surface area contributed by atoms with Gasteiger partial charge in [-0.1, -0.05) is 32.9 Å². The van der Waals surface area contributed by atoms with Crippen molar-refractivity contribution in [2.45, 2.75) is 58.7 Å². The van der Waals surface area contributed by atoms with E-state index in [2.05, 4.69) is 26.8 Å². The van der Waals surface area contributed by atoms with Crippen LogP contribution in [0.15, 0.2) is 18.2 Å². The van der Waals surface area contributed by atoms with Crippen molar-refractivity contribution in [2.24, 2.45) is 5.92 Å². The van der Waals surface area contributed by atoms with Crippen LogP contribution in [0.5, 0.6) is 5.75 Å². The van der Waals surface area contributed by atoms with Crippen LogP contribution in [0.3, 0.4) is 0 Å².